The summed E-state index contributed by atoms with van der Waals surface area (Å²) in [7, 11) is 0. The van der Waals surface area contributed by atoms with Crippen LogP contribution in [-0.4, -0.2) is 5.97 Å². The molecule has 2 aliphatic carbocycles. The van der Waals surface area contributed by atoms with E-state index in [0.29, 0.717) is 11.7 Å². The molecule has 0 unspecified atom stereocenters. The lowest BCUT2D eigenvalue weighted by Gasteiger charge is -2.33. The van der Waals surface area contributed by atoms with Crippen LogP contribution < -0.4 is 4.74 Å². The number of para-hydroxylation sites is 1. The fraction of sp³-hybridized carbons (Fsp3) is 0.471. The zero-order chi connectivity index (χ0) is 13.7. The van der Waals surface area contributed by atoms with Gasteiger partial charge in [0.25, 0.3) is 0 Å². The standard InChI is InChI=1S/C17H20O2/c1-16(2)14-9-10-17(16,3)11-13(14)15(18)19-12-7-5-4-6-8-12/h4-8,11,14H,9-10H2,1-3H3/t14-,17+/m0/s1. The van der Waals surface area contributed by atoms with Gasteiger partial charge in [-0.2, -0.15) is 0 Å². The lowest BCUT2D eigenvalue weighted by molar-refractivity contribution is -0.130. The van der Waals surface area contributed by atoms with Crippen molar-refractivity contribution >= 4 is 5.97 Å². The van der Waals surface area contributed by atoms with E-state index >= 15 is 0 Å². The number of rotatable bonds is 2. The van der Waals surface area contributed by atoms with Gasteiger partial charge in [-0.1, -0.05) is 45.0 Å². The highest BCUT2D eigenvalue weighted by Crippen LogP contribution is 2.64. The van der Waals surface area contributed by atoms with Gasteiger partial charge in [-0.3, -0.25) is 0 Å². The lowest BCUT2D eigenvalue weighted by Crippen LogP contribution is -2.28. The number of ether oxygens (including phenoxy) is 1. The Morgan fingerprint density at radius 2 is 1.89 bits per heavy atom. The summed E-state index contributed by atoms with van der Waals surface area (Å²) >= 11 is 0. The zero-order valence-corrected chi connectivity index (χ0v) is 11.8. The Morgan fingerprint density at radius 1 is 1.21 bits per heavy atom. The minimum atomic E-state index is -0.173. The molecule has 0 heterocycles. The second kappa shape index (κ2) is 3.96. The fourth-order valence-corrected chi connectivity index (χ4v) is 3.63. The Morgan fingerprint density at radius 3 is 2.42 bits per heavy atom. The molecule has 0 amide bonds. The van der Waals surface area contributed by atoms with Crippen LogP contribution >= 0.6 is 0 Å². The first-order valence-electron chi connectivity index (χ1n) is 6.94. The molecule has 0 spiro atoms. The van der Waals surface area contributed by atoms with Crippen LogP contribution in [0.5, 0.6) is 5.75 Å². The first-order chi connectivity index (χ1) is 8.94. The molecule has 2 aliphatic rings. The number of carbonyl (C=O) groups excluding carboxylic acids is 1. The van der Waals surface area contributed by atoms with E-state index in [1.54, 1.807) is 0 Å². The molecule has 1 fully saturated rings. The maximum Gasteiger partial charge on any atom is 0.339 e. The number of fused-ring (bicyclic) bond motifs is 2. The topological polar surface area (TPSA) is 26.3 Å². The van der Waals surface area contributed by atoms with Gasteiger partial charge in [-0.15, -0.1) is 0 Å². The molecule has 1 saturated carbocycles. The Balaban J connectivity index is 1.84. The number of carbonyl (C=O) groups is 1. The van der Waals surface area contributed by atoms with Crippen molar-refractivity contribution in [1.82, 2.24) is 0 Å². The van der Waals surface area contributed by atoms with Gasteiger partial charge in [0.05, 0.1) is 0 Å². The van der Waals surface area contributed by atoms with Crippen LogP contribution in [0, 0.1) is 16.7 Å². The molecule has 2 atom stereocenters. The third kappa shape index (κ3) is 1.73. The van der Waals surface area contributed by atoms with Gasteiger partial charge in [0.1, 0.15) is 5.75 Å². The SMILES string of the molecule is CC1(C)[C@H]2CC[C@]1(C)C=C2C(=O)Oc1ccccc1. The molecule has 2 heteroatoms. The summed E-state index contributed by atoms with van der Waals surface area (Å²) in [6.45, 7) is 6.80. The van der Waals surface area contributed by atoms with Gasteiger partial charge >= 0.3 is 5.97 Å². The predicted molar refractivity (Wildman–Crippen MR) is 74.8 cm³/mol. The second-order valence-electron chi connectivity index (χ2n) is 6.53. The summed E-state index contributed by atoms with van der Waals surface area (Å²) in [4.78, 5) is 12.3. The molecule has 1 aromatic rings. The minimum absolute atomic E-state index is 0.142. The molecule has 2 nitrogen and oxygen atoms in total. The third-order valence-electron chi connectivity index (χ3n) is 5.33. The Hall–Kier alpha value is -1.57. The summed E-state index contributed by atoms with van der Waals surface area (Å²) < 4.78 is 5.48. The number of benzene rings is 1. The van der Waals surface area contributed by atoms with Crippen LogP contribution in [0.15, 0.2) is 42.0 Å². The zero-order valence-electron chi connectivity index (χ0n) is 11.8. The summed E-state index contributed by atoms with van der Waals surface area (Å²) in [6.07, 6.45) is 4.43. The predicted octanol–water partition coefficient (Wildman–Crippen LogP) is 3.97. The molecule has 0 radical (unpaired) electrons. The van der Waals surface area contributed by atoms with E-state index in [1.165, 1.54) is 6.42 Å². The molecule has 19 heavy (non-hydrogen) atoms. The van der Waals surface area contributed by atoms with Crippen molar-refractivity contribution in [2.24, 2.45) is 16.7 Å². The van der Waals surface area contributed by atoms with Crippen molar-refractivity contribution in [3.63, 3.8) is 0 Å². The molecule has 0 aromatic heterocycles. The summed E-state index contributed by atoms with van der Waals surface area (Å²) in [5, 5.41) is 0. The van der Waals surface area contributed by atoms with Crippen molar-refractivity contribution in [3.05, 3.63) is 42.0 Å². The van der Waals surface area contributed by atoms with E-state index in [9.17, 15) is 4.79 Å². The lowest BCUT2D eigenvalue weighted by atomic mass is 9.70. The van der Waals surface area contributed by atoms with E-state index in [4.69, 9.17) is 4.74 Å². The van der Waals surface area contributed by atoms with Crippen molar-refractivity contribution in [2.45, 2.75) is 33.6 Å². The summed E-state index contributed by atoms with van der Waals surface area (Å²) in [5.74, 6) is 0.792. The Labute approximate surface area is 114 Å². The van der Waals surface area contributed by atoms with Gasteiger partial charge in [0.2, 0.25) is 0 Å². The van der Waals surface area contributed by atoms with Crippen LogP contribution in [0.25, 0.3) is 0 Å². The molecule has 2 bridgehead atoms. The monoisotopic (exact) mass is 256 g/mol. The van der Waals surface area contributed by atoms with Crippen LogP contribution in [0.4, 0.5) is 0 Å². The Kier molecular flexibility index (Phi) is 2.60. The maximum absolute atomic E-state index is 12.3. The largest absolute Gasteiger partial charge is 0.423 e. The normalized spacial score (nSPS) is 31.1. The highest BCUT2D eigenvalue weighted by molar-refractivity contribution is 5.92. The van der Waals surface area contributed by atoms with Gasteiger partial charge in [-0.05, 0) is 41.7 Å². The van der Waals surface area contributed by atoms with Gasteiger partial charge < -0.3 is 4.74 Å². The number of hydrogen-bond donors (Lipinski definition) is 0. The average molecular weight is 256 g/mol. The van der Waals surface area contributed by atoms with Gasteiger partial charge in [-0.25, -0.2) is 4.79 Å². The first-order valence-corrected chi connectivity index (χ1v) is 6.94. The van der Waals surface area contributed by atoms with E-state index in [1.807, 2.05) is 30.3 Å². The molecule has 0 aliphatic heterocycles. The first kappa shape index (κ1) is 12.5. The fourth-order valence-electron chi connectivity index (χ4n) is 3.63. The summed E-state index contributed by atoms with van der Waals surface area (Å²) in [5.41, 5.74) is 1.18. The average Bonchev–Trinajstić information content (AvgIpc) is 2.72. The maximum atomic E-state index is 12.3. The van der Waals surface area contributed by atoms with Gasteiger partial charge in [0.15, 0.2) is 0 Å². The van der Waals surface area contributed by atoms with Crippen molar-refractivity contribution in [3.8, 4) is 5.75 Å². The highest BCUT2D eigenvalue weighted by Gasteiger charge is 2.57. The number of hydrogen-bond acceptors (Lipinski definition) is 2. The molecule has 0 N–H and O–H groups in total. The number of allylic oxidation sites excluding steroid dienone is 1. The van der Waals surface area contributed by atoms with E-state index < -0.39 is 0 Å². The number of esters is 1. The molecular formula is C17H20O2. The highest BCUT2D eigenvalue weighted by atomic mass is 16.5. The van der Waals surface area contributed by atoms with E-state index in [2.05, 4.69) is 26.8 Å². The second-order valence-corrected chi connectivity index (χ2v) is 6.53. The van der Waals surface area contributed by atoms with Crippen LogP contribution in [0.1, 0.15) is 33.6 Å². The molecule has 3 rings (SSSR count). The summed E-state index contributed by atoms with van der Waals surface area (Å²) in [6, 6.07) is 9.31. The Bertz CT molecular complexity index is 542. The van der Waals surface area contributed by atoms with Crippen LogP contribution in [0.2, 0.25) is 0 Å². The van der Waals surface area contributed by atoms with E-state index in [-0.39, 0.29) is 16.8 Å². The smallest absolute Gasteiger partial charge is 0.339 e. The van der Waals surface area contributed by atoms with Crippen LogP contribution in [0.3, 0.4) is 0 Å². The van der Waals surface area contributed by atoms with Crippen molar-refractivity contribution in [2.75, 3.05) is 0 Å². The minimum Gasteiger partial charge on any atom is -0.423 e. The molecular weight excluding hydrogens is 236 g/mol. The van der Waals surface area contributed by atoms with E-state index in [0.717, 1.165) is 12.0 Å². The quantitative estimate of drug-likeness (QED) is 0.591. The molecule has 0 saturated heterocycles. The van der Waals surface area contributed by atoms with Crippen molar-refractivity contribution in [1.29, 1.82) is 0 Å². The molecule has 100 valence electrons. The van der Waals surface area contributed by atoms with Gasteiger partial charge in [0, 0.05) is 5.57 Å². The third-order valence-corrected chi connectivity index (χ3v) is 5.33. The van der Waals surface area contributed by atoms with Crippen molar-refractivity contribution < 1.29 is 9.53 Å². The van der Waals surface area contributed by atoms with Crippen LogP contribution in [-0.2, 0) is 4.79 Å². The molecule has 1 aromatic carbocycles.